The summed E-state index contributed by atoms with van der Waals surface area (Å²) in [7, 11) is 0. The van der Waals surface area contributed by atoms with Crippen molar-refractivity contribution in [1.82, 2.24) is 0 Å². The highest BCUT2D eigenvalue weighted by Gasteiger charge is 2.19. The Kier molecular flexibility index (Phi) is 3.98. The van der Waals surface area contributed by atoms with Crippen LogP contribution in [0.25, 0.3) is 11.1 Å². The Morgan fingerprint density at radius 1 is 1.10 bits per heavy atom. The Bertz CT molecular complexity index is 619. The van der Waals surface area contributed by atoms with Gasteiger partial charge in [0.15, 0.2) is 0 Å². The molecule has 0 saturated heterocycles. The predicted octanol–water partition coefficient (Wildman–Crippen LogP) is 4.39. The molecule has 0 bridgehead atoms. The fraction of sp³-hybridized carbons (Fsp3) is 0.368. The molecule has 2 nitrogen and oxygen atoms in total. The summed E-state index contributed by atoms with van der Waals surface area (Å²) in [5.74, 6) is 0.983. The number of rotatable bonds is 4. The Morgan fingerprint density at radius 3 is 2.38 bits per heavy atom. The molecule has 0 unspecified atom stereocenters. The van der Waals surface area contributed by atoms with Gasteiger partial charge in [0.2, 0.25) is 0 Å². The van der Waals surface area contributed by atoms with Gasteiger partial charge in [0, 0.05) is 0 Å². The highest BCUT2D eigenvalue weighted by Crippen LogP contribution is 2.33. The normalized spacial score (nSPS) is 14.8. The van der Waals surface area contributed by atoms with Crippen LogP contribution in [-0.2, 0) is 6.61 Å². The SMILES string of the molecule is Cc1cc(OC2CCC2)cc(C)c1-c1cccc(CO)c1. The van der Waals surface area contributed by atoms with E-state index in [2.05, 4.69) is 38.1 Å². The van der Waals surface area contributed by atoms with Crippen LogP contribution in [0.2, 0.25) is 0 Å². The van der Waals surface area contributed by atoms with E-state index in [0.29, 0.717) is 6.10 Å². The smallest absolute Gasteiger partial charge is 0.120 e. The summed E-state index contributed by atoms with van der Waals surface area (Å²) < 4.78 is 6.01. The second kappa shape index (κ2) is 5.90. The maximum atomic E-state index is 9.30. The maximum absolute atomic E-state index is 9.30. The van der Waals surface area contributed by atoms with E-state index in [9.17, 15) is 5.11 Å². The van der Waals surface area contributed by atoms with Crippen molar-refractivity contribution in [3.8, 4) is 16.9 Å². The third kappa shape index (κ3) is 2.96. The molecule has 1 fully saturated rings. The van der Waals surface area contributed by atoms with Gasteiger partial charge in [-0.1, -0.05) is 18.2 Å². The van der Waals surface area contributed by atoms with Crippen LogP contribution >= 0.6 is 0 Å². The summed E-state index contributed by atoms with van der Waals surface area (Å²) in [5.41, 5.74) is 5.79. The van der Waals surface area contributed by atoms with Crippen molar-refractivity contribution in [3.63, 3.8) is 0 Å². The zero-order valence-corrected chi connectivity index (χ0v) is 12.7. The number of ether oxygens (including phenoxy) is 1. The van der Waals surface area contributed by atoms with E-state index in [4.69, 9.17) is 4.74 Å². The zero-order valence-electron chi connectivity index (χ0n) is 12.7. The van der Waals surface area contributed by atoms with Gasteiger partial charge >= 0.3 is 0 Å². The van der Waals surface area contributed by atoms with Crippen LogP contribution in [-0.4, -0.2) is 11.2 Å². The number of aliphatic hydroxyl groups is 1. The van der Waals surface area contributed by atoms with Crippen LogP contribution in [0.15, 0.2) is 36.4 Å². The second-order valence-corrected chi connectivity index (χ2v) is 5.96. The lowest BCUT2D eigenvalue weighted by Crippen LogP contribution is -2.24. The van der Waals surface area contributed by atoms with E-state index < -0.39 is 0 Å². The third-order valence-electron chi connectivity index (χ3n) is 4.26. The van der Waals surface area contributed by atoms with Crippen molar-refractivity contribution in [2.24, 2.45) is 0 Å². The molecular weight excluding hydrogens is 260 g/mol. The molecular formula is C19H22O2. The molecule has 0 aromatic heterocycles. The Balaban J connectivity index is 1.94. The minimum absolute atomic E-state index is 0.0782. The van der Waals surface area contributed by atoms with Crippen LogP contribution in [0.4, 0.5) is 0 Å². The third-order valence-corrected chi connectivity index (χ3v) is 4.26. The summed E-state index contributed by atoms with van der Waals surface area (Å²) >= 11 is 0. The number of hydrogen-bond donors (Lipinski definition) is 1. The van der Waals surface area contributed by atoms with E-state index in [0.717, 1.165) is 16.9 Å². The van der Waals surface area contributed by atoms with Gasteiger partial charge in [-0.3, -0.25) is 0 Å². The second-order valence-electron chi connectivity index (χ2n) is 5.96. The molecule has 1 N–H and O–H groups in total. The van der Waals surface area contributed by atoms with E-state index >= 15 is 0 Å². The molecule has 1 saturated carbocycles. The van der Waals surface area contributed by atoms with Gasteiger partial charge in [-0.05, 0) is 79.1 Å². The van der Waals surface area contributed by atoms with E-state index in [1.165, 1.54) is 36.0 Å². The first-order valence-corrected chi connectivity index (χ1v) is 7.65. The fourth-order valence-corrected chi connectivity index (χ4v) is 2.95. The lowest BCUT2D eigenvalue weighted by Gasteiger charge is -2.27. The lowest BCUT2D eigenvalue weighted by molar-refractivity contribution is 0.120. The molecule has 0 amide bonds. The highest BCUT2D eigenvalue weighted by molar-refractivity contribution is 5.72. The maximum Gasteiger partial charge on any atom is 0.120 e. The molecule has 0 spiro atoms. The van der Waals surface area contributed by atoms with Crippen molar-refractivity contribution in [3.05, 3.63) is 53.1 Å². The average molecular weight is 282 g/mol. The summed E-state index contributed by atoms with van der Waals surface area (Å²) in [6.07, 6.45) is 4.05. The monoisotopic (exact) mass is 282 g/mol. The fourth-order valence-electron chi connectivity index (χ4n) is 2.95. The van der Waals surface area contributed by atoms with Crippen molar-refractivity contribution in [2.75, 3.05) is 0 Å². The molecule has 1 aliphatic rings. The summed E-state index contributed by atoms with van der Waals surface area (Å²) in [6.45, 7) is 4.33. The van der Waals surface area contributed by atoms with E-state index in [-0.39, 0.29) is 6.61 Å². The predicted molar refractivity (Wildman–Crippen MR) is 85.5 cm³/mol. The van der Waals surface area contributed by atoms with Gasteiger partial charge in [0.25, 0.3) is 0 Å². The van der Waals surface area contributed by atoms with E-state index in [1.54, 1.807) is 0 Å². The number of hydrogen-bond acceptors (Lipinski definition) is 2. The highest BCUT2D eigenvalue weighted by atomic mass is 16.5. The van der Waals surface area contributed by atoms with Gasteiger partial charge in [0.05, 0.1) is 12.7 Å². The molecule has 0 radical (unpaired) electrons. The first kappa shape index (κ1) is 14.2. The van der Waals surface area contributed by atoms with Crippen LogP contribution in [0.5, 0.6) is 5.75 Å². The van der Waals surface area contributed by atoms with Gasteiger partial charge < -0.3 is 9.84 Å². The molecule has 110 valence electrons. The standard InChI is InChI=1S/C19H22O2/c1-13-9-18(21-17-7-4-8-17)10-14(2)19(13)16-6-3-5-15(11-16)12-20/h3,5-6,9-11,17,20H,4,7-8,12H2,1-2H3. The van der Waals surface area contributed by atoms with Crippen LogP contribution in [0, 0.1) is 13.8 Å². The van der Waals surface area contributed by atoms with Crippen molar-refractivity contribution >= 4 is 0 Å². The molecule has 1 aliphatic carbocycles. The van der Waals surface area contributed by atoms with Crippen molar-refractivity contribution < 1.29 is 9.84 Å². The van der Waals surface area contributed by atoms with Crippen molar-refractivity contribution in [1.29, 1.82) is 0 Å². The summed E-state index contributed by atoms with van der Waals surface area (Å²) in [5, 5.41) is 9.30. The lowest BCUT2D eigenvalue weighted by atomic mass is 9.93. The number of aryl methyl sites for hydroxylation is 2. The van der Waals surface area contributed by atoms with Gasteiger partial charge in [-0.2, -0.15) is 0 Å². The quantitative estimate of drug-likeness (QED) is 0.901. The van der Waals surface area contributed by atoms with Gasteiger partial charge in [-0.25, -0.2) is 0 Å². The van der Waals surface area contributed by atoms with Crippen LogP contribution in [0.3, 0.4) is 0 Å². The van der Waals surface area contributed by atoms with Crippen LogP contribution < -0.4 is 4.74 Å². The molecule has 21 heavy (non-hydrogen) atoms. The molecule has 2 aromatic rings. The molecule has 0 atom stereocenters. The van der Waals surface area contributed by atoms with Gasteiger partial charge in [-0.15, -0.1) is 0 Å². The first-order chi connectivity index (χ1) is 10.2. The molecule has 3 rings (SSSR count). The summed E-state index contributed by atoms with van der Waals surface area (Å²) in [6, 6.07) is 12.4. The largest absolute Gasteiger partial charge is 0.490 e. The zero-order chi connectivity index (χ0) is 14.8. The van der Waals surface area contributed by atoms with Crippen molar-refractivity contribution in [2.45, 2.75) is 45.8 Å². The van der Waals surface area contributed by atoms with Crippen LogP contribution in [0.1, 0.15) is 36.0 Å². The number of aliphatic hydroxyl groups excluding tert-OH is 1. The number of benzene rings is 2. The molecule has 0 aliphatic heterocycles. The molecule has 2 aromatic carbocycles. The molecule has 2 heteroatoms. The average Bonchev–Trinajstić information content (AvgIpc) is 2.42. The minimum atomic E-state index is 0.0782. The van der Waals surface area contributed by atoms with E-state index in [1.807, 2.05) is 12.1 Å². The summed E-state index contributed by atoms with van der Waals surface area (Å²) in [4.78, 5) is 0. The Hall–Kier alpha value is -1.80. The first-order valence-electron chi connectivity index (χ1n) is 7.65. The Labute approximate surface area is 126 Å². The topological polar surface area (TPSA) is 29.5 Å². The molecule has 0 heterocycles. The van der Waals surface area contributed by atoms with Gasteiger partial charge in [0.1, 0.15) is 5.75 Å². The Morgan fingerprint density at radius 2 is 1.81 bits per heavy atom. The minimum Gasteiger partial charge on any atom is -0.490 e.